The predicted octanol–water partition coefficient (Wildman–Crippen LogP) is 4.94. The van der Waals surface area contributed by atoms with E-state index in [0.29, 0.717) is 11.1 Å². The summed E-state index contributed by atoms with van der Waals surface area (Å²) in [6, 6.07) is 15.3. The number of carbonyl (C=O) groups is 2. The number of nitrogens with zero attached hydrogens (tertiary/aromatic N) is 1. The van der Waals surface area contributed by atoms with Crippen LogP contribution in [0.4, 0.5) is 0 Å². The van der Waals surface area contributed by atoms with Gasteiger partial charge in [0.25, 0.3) is 0 Å². The fraction of sp³-hybridized carbons (Fsp3) is 0.240. The molecule has 0 unspecified atom stereocenters. The van der Waals surface area contributed by atoms with E-state index < -0.39 is 12.1 Å². The zero-order valence-electron chi connectivity index (χ0n) is 17.0. The Balaban J connectivity index is 1.50. The molecule has 0 amide bonds. The summed E-state index contributed by atoms with van der Waals surface area (Å²) >= 11 is 0. The van der Waals surface area contributed by atoms with Crippen LogP contribution in [0.2, 0.25) is 0 Å². The average molecular weight is 398 g/mol. The maximum atomic E-state index is 13.2. The van der Waals surface area contributed by atoms with Crippen molar-refractivity contribution in [1.29, 1.82) is 0 Å². The van der Waals surface area contributed by atoms with Crippen LogP contribution in [0, 0.1) is 6.92 Å². The minimum Gasteiger partial charge on any atom is -0.451 e. The number of nitrogens with one attached hydrogen (secondary N) is 1. The fourth-order valence-electron chi connectivity index (χ4n) is 4.51. The molecular formula is C25H22N2O3. The molecule has 150 valence electrons. The second-order valence-corrected chi connectivity index (χ2v) is 7.87. The number of aromatic amines is 1. The molecule has 2 heterocycles. The predicted molar refractivity (Wildman–Crippen MR) is 116 cm³/mol. The van der Waals surface area contributed by atoms with E-state index in [-0.39, 0.29) is 5.78 Å². The number of carbonyl (C=O) groups excluding carboxylic acids is 2. The third-order valence-corrected chi connectivity index (χ3v) is 5.92. The van der Waals surface area contributed by atoms with Gasteiger partial charge in [-0.15, -0.1) is 0 Å². The number of hydrogen-bond donors (Lipinski definition) is 1. The number of aryl methyl sites for hydroxylation is 2. The van der Waals surface area contributed by atoms with Gasteiger partial charge in [0.05, 0.1) is 11.1 Å². The van der Waals surface area contributed by atoms with Gasteiger partial charge in [-0.2, -0.15) is 0 Å². The molecule has 0 fully saturated rings. The molecule has 2 aromatic carbocycles. The number of H-pyrrole nitrogens is 1. The van der Waals surface area contributed by atoms with Crippen LogP contribution < -0.4 is 0 Å². The highest BCUT2D eigenvalue weighted by Crippen LogP contribution is 2.31. The first-order valence-corrected chi connectivity index (χ1v) is 10.3. The van der Waals surface area contributed by atoms with E-state index in [2.05, 4.69) is 4.98 Å². The highest BCUT2D eigenvalue weighted by atomic mass is 16.5. The van der Waals surface area contributed by atoms with Crippen LogP contribution in [0.25, 0.3) is 21.8 Å². The minimum absolute atomic E-state index is 0.201. The molecule has 2 aromatic heterocycles. The number of ketones is 1. The second-order valence-electron chi connectivity index (χ2n) is 7.87. The molecule has 0 aliphatic heterocycles. The zero-order chi connectivity index (χ0) is 20.8. The molecular weight excluding hydrogens is 376 g/mol. The first-order chi connectivity index (χ1) is 14.5. The first-order valence-electron chi connectivity index (χ1n) is 10.3. The van der Waals surface area contributed by atoms with Gasteiger partial charge >= 0.3 is 5.97 Å². The minimum atomic E-state index is -0.889. The molecule has 5 nitrogen and oxygen atoms in total. The van der Waals surface area contributed by atoms with Crippen molar-refractivity contribution < 1.29 is 14.3 Å². The molecule has 0 spiro atoms. The molecule has 1 aliphatic rings. The Morgan fingerprint density at radius 2 is 1.73 bits per heavy atom. The van der Waals surface area contributed by atoms with Crippen LogP contribution in [0.3, 0.4) is 0 Å². The summed E-state index contributed by atoms with van der Waals surface area (Å²) in [5.41, 5.74) is 5.53. The van der Waals surface area contributed by atoms with E-state index in [4.69, 9.17) is 9.72 Å². The van der Waals surface area contributed by atoms with E-state index in [1.165, 1.54) is 0 Å². The van der Waals surface area contributed by atoms with E-state index >= 15 is 0 Å². The number of esters is 1. The molecule has 1 aliphatic carbocycles. The SMILES string of the molecule is Cc1[nH]c2ccccc2c1C(=O)[C@@H](C)OC(=O)c1c2c(nc3ccccc13)CCC2. The number of benzene rings is 2. The van der Waals surface area contributed by atoms with Crippen LogP contribution in [-0.4, -0.2) is 27.8 Å². The van der Waals surface area contributed by atoms with Gasteiger partial charge in [-0.05, 0) is 50.8 Å². The van der Waals surface area contributed by atoms with Gasteiger partial charge in [0, 0.05) is 33.2 Å². The highest BCUT2D eigenvalue weighted by Gasteiger charge is 2.29. The number of pyridine rings is 1. The quantitative estimate of drug-likeness (QED) is 0.390. The number of hydrogen-bond acceptors (Lipinski definition) is 4. The highest BCUT2D eigenvalue weighted by molar-refractivity contribution is 6.12. The van der Waals surface area contributed by atoms with Gasteiger partial charge < -0.3 is 9.72 Å². The van der Waals surface area contributed by atoms with E-state index in [9.17, 15) is 9.59 Å². The molecule has 30 heavy (non-hydrogen) atoms. The molecule has 1 atom stereocenters. The molecule has 5 heteroatoms. The standard InChI is InChI=1S/C25H22N2O3/c1-14-22(16-8-3-5-11-19(16)26-14)24(28)15(2)30-25(29)23-17-9-4-6-12-20(17)27-21-13-7-10-18(21)23/h3-6,8-9,11-12,15,26H,7,10,13H2,1-2H3/t15-/m1/s1. The molecule has 0 saturated heterocycles. The van der Waals surface area contributed by atoms with Crippen LogP contribution in [-0.2, 0) is 17.6 Å². The lowest BCUT2D eigenvalue weighted by Gasteiger charge is -2.16. The number of aromatic nitrogens is 2. The topological polar surface area (TPSA) is 72.1 Å². The third-order valence-electron chi connectivity index (χ3n) is 5.92. The summed E-state index contributed by atoms with van der Waals surface area (Å²) < 4.78 is 5.73. The van der Waals surface area contributed by atoms with Crippen molar-refractivity contribution in [3.63, 3.8) is 0 Å². The Morgan fingerprint density at radius 3 is 2.57 bits per heavy atom. The Labute approximate surface area is 174 Å². The van der Waals surface area contributed by atoms with Crippen LogP contribution >= 0.6 is 0 Å². The molecule has 0 radical (unpaired) electrons. The number of rotatable bonds is 4. The largest absolute Gasteiger partial charge is 0.451 e. The van der Waals surface area contributed by atoms with Crippen LogP contribution in [0.1, 0.15) is 51.0 Å². The van der Waals surface area contributed by atoms with Crippen molar-refractivity contribution in [2.45, 2.75) is 39.2 Å². The Bertz CT molecular complexity index is 1320. The summed E-state index contributed by atoms with van der Waals surface area (Å²) in [7, 11) is 0. The fourth-order valence-corrected chi connectivity index (χ4v) is 4.51. The van der Waals surface area contributed by atoms with Crippen molar-refractivity contribution in [2.75, 3.05) is 0 Å². The molecule has 4 aromatic rings. The molecule has 0 saturated carbocycles. The summed E-state index contributed by atoms with van der Waals surface area (Å²) in [5.74, 6) is -0.654. The second kappa shape index (κ2) is 7.10. The van der Waals surface area contributed by atoms with Crippen LogP contribution in [0.5, 0.6) is 0 Å². The number of fused-ring (bicyclic) bond motifs is 3. The summed E-state index contributed by atoms with van der Waals surface area (Å²) in [6.07, 6.45) is 1.76. The Hall–Kier alpha value is -3.47. The smallest absolute Gasteiger partial charge is 0.339 e. The molecule has 5 rings (SSSR count). The molecule has 0 bridgehead atoms. The van der Waals surface area contributed by atoms with Crippen LogP contribution in [0.15, 0.2) is 48.5 Å². The van der Waals surface area contributed by atoms with Crippen molar-refractivity contribution in [1.82, 2.24) is 9.97 Å². The number of ether oxygens (including phenoxy) is 1. The van der Waals surface area contributed by atoms with Gasteiger partial charge in [-0.3, -0.25) is 9.78 Å². The Morgan fingerprint density at radius 1 is 1.00 bits per heavy atom. The van der Waals surface area contributed by atoms with Gasteiger partial charge in [0.1, 0.15) is 0 Å². The van der Waals surface area contributed by atoms with E-state index in [1.807, 2.05) is 55.5 Å². The number of para-hydroxylation sites is 2. The van der Waals surface area contributed by atoms with Crippen molar-refractivity contribution >= 4 is 33.6 Å². The van der Waals surface area contributed by atoms with Gasteiger partial charge in [-0.25, -0.2) is 4.79 Å². The zero-order valence-corrected chi connectivity index (χ0v) is 17.0. The summed E-state index contributed by atoms with van der Waals surface area (Å²) in [4.78, 5) is 34.4. The number of Topliss-reactive ketones (excluding diaryl/α,β-unsaturated/α-hetero) is 1. The Kier molecular flexibility index (Phi) is 4.39. The van der Waals surface area contributed by atoms with Gasteiger partial charge in [0.15, 0.2) is 6.10 Å². The van der Waals surface area contributed by atoms with Gasteiger partial charge in [-0.1, -0.05) is 36.4 Å². The molecule has 1 N–H and O–H groups in total. The lowest BCUT2D eigenvalue weighted by molar-refractivity contribution is 0.0320. The maximum absolute atomic E-state index is 13.2. The maximum Gasteiger partial charge on any atom is 0.339 e. The van der Waals surface area contributed by atoms with Crippen molar-refractivity contribution in [2.24, 2.45) is 0 Å². The third kappa shape index (κ3) is 2.89. The lowest BCUT2D eigenvalue weighted by atomic mass is 10.0. The normalized spacial score (nSPS) is 14.1. The van der Waals surface area contributed by atoms with Crippen molar-refractivity contribution in [3.8, 4) is 0 Å². The lowest BCUT2D eigenvalue weighted by Crippen LogP contribution is -2.25. The van der Waals surface area contributed by atoms with E-state index in [0.717, 1.165) is 58.0 Å². The average Bonchev–Trinajstić information content (AvgIpc) is 3.34. The van der Waals surface area contributed by atoms with E-state index in [1.54, 1.807) is 6.92 Å². The summed E-state index contributed by atoms with van der Waals surface area (Å²) in [6.45, 7) is 3.51. The monoisotopic (exact) mass is 398 g/mol. The first kappa shape index (κ1) is 18.6. The van der Waals surface area contributed by atoms with Gasteiger partial charge in [0.2, 0.25) is 5.78 Å². The summed E-state index contributed by atoms with van der Waals surface area (Å²) in [5, 5.41) is 1.63. The van der Waals surface area contributed by atoms with Crippen molar-refractivity contribution in [3.05, 3.63) is 76.6 Å².